The number of aliphatic hydroxyl groups excluding tert-OH is 1. The van der Waals surface area contributed by atoms with E-state index in [1.165, 1.54) is 4.68 Å². The van der Waals surface area contributed by atoms with Crippen LogP contribution in [-0.2, 0) is 11.3 Å². The molecule has 1 aromatic rings. The maximum atomic E-state index is 11.9. The molecular weight excluding hydrogens is 328 g/mol. The molecule has 1 aromatic heterocycles. The molecule has 1 heterocycles. The third-order valence-electron chi connectivity index (χ3n) is 2.54. The summed E-state index contributed by atoms with van der Waals surface area (Å²) in [6, 6.07) is 0. The number of rotatable bonds is 9. The van der Waals surface area contributed by atoms with Crippen LogP contribution in [0.1, 0.15) is 0 Å². The maximum Gasteiger partial charge on any atom is 0.283 e. The van der Waals surface area contributed by atoms with Crippen molar-refractivity contribution in [2.45, 2.75) is 6.54 Å². The Morgan fingerprint density at radius 1 is 1.50 bits per heavy atom. The molecular formula is C12H21BrN4O3. The van der Waals surface area contributed by atoms with Gasteiger partial charge in [0, 0.05) is 13.1 Å². The van der Waals surface area contributed by atoms with Crippen LogP contribution in [0.3, 0.4) is 0 Å². The first-order valence-corrected chi connectivity index (χ1v) is 7.18. The lowest BCUT2D eigenvalue weighted by Crippen LogP contribution is -2.26. The molecule has 114 valence electrons. The summed E-state index contributed by atoms with van der Waals surface area (Å²) < 4.78 is 7.06. The average molecular weight is 349 g/mol. The van der Waals surface area contributed by atoms with Gasteiger partial charge in [0.1, 0.15) is 4.47 Å². The summed E-state index contributed by atoms with van der Waals surface area (Å²) in [6.45, 7) is 2.77. The molecule has 0 saturated heterocycles. The highest BCUT2D eigenvalue weighted by molar-refractivity contribution is 9.10. The van der Waals surface area contributed by atoms with Gasteiger partial charge in [-0.3, -0.25) is 4.79 Å². The monoisotopic (exact) mass is 348 g/mol. The summed E-state index contributed by atoms with van der Waals surface area (Å²) in [5.41, 5.74) is 0.359. The van der Waals surface area contributed by atoms with Gasteiger partial charge in [-0.15, -0.1) is 0 Å². The summed E-state index contributed by atoms with van der Waals surface area (Å²) in [4.78, 5) is 13.9. The van der Waals surface area contributed by atoms with E-state index < -0.39 is 0 Å². The van der Waals surface area contributed by atoms with Crippen LogP contribution in [0.2, 0.25) is 0 Å². The lowest BCUT2D eigenvalue weighted by atomic mass is 10.4. The number of nitrogens with zero attached hydrogens (tertiary/aromatic N) is 3. The van der Waals surface area contributed by atoms with Crippen molar-refractivity contribution in [3.05, 3.63) is 21.0 Å². The molecule has 0 saturated carbocycles. The van der Waals surface area contributed by atoms with E-state index in [9.17, 15) is 4.79 Å². The number of likely N-dealkylation sites (N-methyl/N-ethyl adjacent to an activating group) is 1. The van der Waals surface area contributed by atoms with E-state index in [0.29, 0.717) is 29.9 Å². The largest absolute Gasteiger partial charge is 0.394 e. The highest BCUT2D eigenvalue weighted by Gasteiger charge is 2.07. The van der Waals surface area contributed by atoms with E-state index in [2.05, 4.69) is 31.2 Å². The van der Waals surface area contributed by atoms with Gasteiger partial charge in [0.15, 0.2) is 0 Å². The lowest BCUT2D eigenvalue weighted by molar-refractivity contribution is 0.126. The quantitative estimate of drug-likeness (QED) is 0.611. The molecule has 0 radical (unpaired) electrons. The molecule has 0 aliphatic rings. The molecule has 0 aliphatic carbocycles. The third-order valence-corrected chi connectivity index (χ3v) is 3.31. The molecule has 1 rings (SSSR count). The average Bonchev–Trinajstić information content (AvgIpc) is 2.41. The predicted octanol–water partition coefficient (Wildman–Crippen LogP) is -0.0118. The van der Waals surface area contributed by atoms with Gasteiger partial charge in [0.2, 0.25) is 0 Å². The number of aromatic nitrogens is 2. The SMILES string of the molecule is CN(C)CCOCCNc1cnn(CCO)c(=O)c1Br. The molecule has 0 unspecified atom stereocenters. The second kappa shape index (κ2) is 9.06. The highest BCUT2D eigenvalue weighted by atomic mass is 79.9. The zero-order valence-corrected chi connectivity index (χ0v) is 13.4. The highest BCUT2D eigenvalue weighted by Crippen LogP contribution is 2.15. The summed E-state index contributed by atoms with van der Waals surface area (Å²) in [5, 5.41) is 15.9. The van der Waals surface area contributed by atoms with Gasteiger partial charge < -0.3 is 20.1 Å². The van der Waals surface area contributed by atoms with Crippen molar-refractivity contribution in [3.63, 3.8) is 0 Å². The van der Waals surface area contributed by atoms with Crippen molar-refractivity contribution in [2.24, 2.45) is 0 Å². The molecule has 7 nitrogen and oxygen atoms in total. The lowest BCUT2D eigenvalue weighted by Gasteiger charge is -2.12. The summed E-state index contributed by atoms with van der Waals surface area (Å²) >= 11 is 3.24. The van der Waals surface area contributed by atoms with Crippen molar-refractivity contribution in [1.29, 1.82) is 0 Å². The predicted molar refractivity (Wildman–Crippen MR) is 81.1 cm³/mol. The Morgan fingerprint density at radius 2 is 2.25 bits per heavy atom. The minimum atomic E-state index is -0.266. The number of nitrogens with one attached hydrogen (secondary N) is 1. The van der Waals surface area contributed by atoms with E-state index in [4.69, 9.17) is 9.84 Å². The summed E-state index contributed by atoms with van der Waals surface area (Å²) in [6.07, 6.45) is 1.56. The molecule has 0 amide bonds. The van der Waals surface area contributed by atoms with E-state index in [1.807, 2.05) is 14.1 Å². The minimum absolute atomic E-state index is 0.119. The summed E-state index contributed by atoms with van der Waals surface area (Å²) in [7, 11) is 3.98. The molecule has 0 fully saturated rings. The van der Waals surface area contributed by atoms with E-state index in [-0.39, 0.29) is 18.7 Å². The number of hydrogen-bond acceptors (Lipinski definition) is 6. The number of ether oxygens (including phenoxy) is 1. The molecule has 0 bridgehead atoms. The Hall–Kier alpha value is -0.960. The number of hydrogen-bond donors (Lipinski definition) is 2. The van der Waals surface area contributed by atoms with Crippen LogP contribution >= 0.6 is 15.9 Å². The Labute approximate surface area is 126 Å². The number of aliphatic hydroxyl groups is 1. The smallest absolute Gasteiger partial charge is 0.283 e. The van der Waals surface area contributed by atoms with Crippen molar-refractivity contribution in [1.82, 2.24) is 14.7 Å². The van der Waals surface area contributed by atoms with Crippen LogP contribution in [0.4, 0.5) is 5.69 Å². The molecule has 2 N–H and O–H groups in total. The number of anilines is 1. The minimum Gasteiger partial charge on any atom is -0.394 e. The first kappa shape index (κ1) is 17.1. The van der Waals surface area contributed by atoms with Crippen LogP contribution in [0.25, 0.3) is 0 Å². The second-order valence-electron chi connectivity index (χ2n) is 4.47. The van der Waals surface area contributed by atoms with Crippen LogP contribution in [0.5, 0.6) is 0 Å². The van der Waals surface area contributed by atoms with Gasteiger partial charge in [-0.05, 0) is 30.0 Å². The van der Waals surface area contributed by atoms with Crippen LogP contribution in [0, 0.1) is 0 Å². The Kier molecular flexibility index (Phi) is 7.75. The van der Waals surface area contributed by atoms with Gasteiger partial charge >= 0.3 is 0 Å². The Bertz CT molecular complexity index is 465. The molecule has 0 aliphatic heterocycles. The zero-order chi connectivity index (χ0) is 15.0. The number of halogens is 1. The normalized spacial score (nSPS) is 11.1. The fourth-order valence-corrected chi connectivity index (χ4v) is 1.90. The zero-order valence-electron chi connectivity index (χ0n) is 11.8. The van der Waals surface area contributed by atoms with Crippen molar-refractivity contribution in [3.8, 4) is 0 Å². The second-order valence-corrected chi connectivity index (χ2v) is 5.26. The first-order chi connectivity index (χ1) is 9.56. The molecule has 20 heavy (non-hydrogen) atoms. The fourth-order valence-electron chi connectivity index (χ4n) is 1.45. The van der Waals surface area contributed by atoms with Gasteiger partial charge in [-0.1, -0.05) is 0 Å². The summed E-state index contributed by atoms with van der Waals surface area (Å²) in [5.74, 6) is 0. The van der Waals surface area contributed by atoms with Gasteiger partial charge in [0.25, 0.3) is 5.56 Å². The topological polar surface area (TPSA) is 79.6 Å². The fraction of sp³-hybridized carbons (Fsp3) is 0.667. The van der Waals surface area contributed by atoms with Crippen LogP contribution in [-0.4, -0.2) is 66.8 Å². The third kappa shape index (κ3) is 5.58. The van der Waals surface area contributed by atoms with E-state index in [0.717, 1.165) is 6.54 Å². The van der Waals surface area contributed by atoms with Crippen molar-refractivity contribution in [2.75, 3.05) is 52.3 Å². The van der Waals surface area contributed by atoms with Crippen LogP contribution in [0.15, 0.2) is 15.5 Å². The van der Waals surface area contributed by atoms with E-state index in [1.54, 1.807) is 6.20 Å². The van der Waals surface area contributed by atoms with Gasteiger partial charge in [-0.25, -0.2) is 4.68 Å². The van der Waals surface area contributed by atoms with Gasteiger partial charge in [0.05, 0.1) is 38.2 Å². The standard InChI is InChI=1S/C12H21BrN4O3/c1-16(2)5-8-20-7-3-14-10-9-15-17(4-6-18)12(19)11(10)13/h9,14,18H,3-8H2,1-2H3. The maximum absolute atomic E-state index is 11.9. The van der Waals surface area contributed by atoms with Crippen molar-refractivity contribution >= 4 is 21.6 Å². The molecule has 0 atom stereocenters. The Morgan fingerprint density at radius 3 is 2.90 bits per heavy atom. The van der Waals surface area contributed by atoms with Crippen LogP contribution < -0.4 is 10.9 Å². The molecule has 8 heteroatoms. The Balaban J connectivity index is 2.41. The first-order valence-electron chi connectivity index (χ1n) is 6.39. The molecule has 0 spiro atoms. The van der Waals surface area contributed by atoms with Gasteiger partial charge in [-0.2, -0.15) is 5.10 Å². The van der Waals surface area contributed by atoms with E-state index >= 15 is 0 Å². The molecule has 0 aromatic carbocycles. The van der Waals surface area contributed by atoms with Crippen molar-refractivity contribution < 1.29 is 9.84 Å².